The Hall–Kier alpha value is -1.56. The molecule has 6 heteroatoms. The van der Waals surface area contributed by atoms with Crippen molar-refractivity contribution in [3.63, 3.8) is 0 Å². The van der Waals surface area contributed by atoms with Crippen molar-refractivity contribution in [1.29, 1.82) is 0 Å². The number of aromatic amines is 1. The van der Waals surface area contributed by atoms with Gasteiger partial charge in [0.05, 0.1) is 0 Å². The molecule has 2 aromatic rings. The maximum atomic E-state index is 4.30. The molecule has 5 nitrogen and oxygen atoms in total. The summed E-state index contributed by atoms with van der Waals surface area (Å²) < 4.78 is 0. The van der Waals surface area contributed by atoms with E-state index in [2.05, 4.69) is 39.6 Å². The van der Waals surface area contributed by atoms with Gasteiger partial charge < -0.3 is 10.2 Å². The van der Waals surface area contributed by atoms with Crippen LogP contribution in [-0.4, -0.2) is 35.8 Å². The van der Waals surface area contributed by atoms with Gasteiger partial charge in [-0.1, -0.05) is 0 Å². The fourth-order valence-electron chi connectivity index (χ4n) is 1.46. The summed E-state index contributed by atoms with van der Waals surface area (Å²) in [6, 6.07) is 4.33. The van der Waals surface area contributed by atoms with Crippen LogP contribution in [0.2, 0.25) is 0 Å². The van der Waals surface area contributed by atoms with E-state index in [0.717, 1.165) is 18.9 Å². The molecule has 0 aliphatic heterocycles. The first kappa shape index (κ1) is 11.9. The van der Waals surface area contributed by atoms with Gasteiger partial charge in [0, 0.05) is 30.4 Å². The number of rotatable bonds is 5. The molecule has 0 fully saturated rings. The fraction of sp³-hybridized carbons (Fsp3) is 0.455. The van der Waals surface area contributed by atoms with Crippen molar-refractivity contribution in [2.45, 2.75) is 13.3 Å². The Morgan fingerprint density at radius 2 is 2.24 bits per heavy atom. The highest BCUT2D eigenvalue weighted by atomic mass is 32.1. The van der Waals surface area contributed by atoms with Gasteiger partial charge in [-0.25, -0.2) is 5.10 Å². The molecule has 0 amide bonds. The summed E-state index contributed by atoms with van der Waals surface area (Å²) in [5, 5.41) is 10.2. The molecule has 0 aromatic carbocycles. The number of aryl methyl sites for hydroxylation is 1. The van der Waals surface area contributed by atoms with Crippen molar-refractivity contribution in [2.75, 3.05) is 30.9 Å². The third-order valence-electron chi connectivity index (χ3n) is 2.33. The van der Waals surface area contributed by atoms with Crippen molar-refractivity contribution >= 4 is 23.2 Å². The van der Waals surface area contributed by atoms with E-state index in [-0.39, 0.29) is 0 Å². The summed E-state index contributed by atoms with van der Waals surface area (Å²) in [6.07, 6.45) is 1.01. The van der Waals surface area contributed by atoms with E-state index >= 15 is 0 Å². The Morgan fingerprint density at radius 1 is 1.41 bits per heavy atom. The Labute approximate surface area is 105 Å². The minimum atomic E-state index is 0.694. The van der Waals surface area contributed by atoms with Crippen LogP contribution < -0.4 is 10.2 Å². The number of aromatic nitrogens is 3. The average Bonchev–Trinajstić information content (AvgIpc) is 2.88. The molecule has 2 rings (SSSR count). The summed E-state index contributed by atoms with van der Waals surface area (Å²) in [5.74, 6) is 1.42. The van der Waals surface area contributed by atoms with Gasteiger partial charge in [-0.3, -0.25) is 0 Å². The van der Waals surface area contributed by atoms with Gasteiger partial charge in [0.15, 0.2) is 0 Å². The molecule has 2 aromatic heterocycles. The molecule has 0 unspecified atom stereocenters. The zero-order chi connectivity index (χ0) is 12.3. The quantitative estimate of drug-likeness (QED) is 0.852. The lowest BCUT2D eigenvalue weighted by molar-refractivity contribution is 0.989. The van der Waals surface area contributed by atoms with Crippen molar-refractivity contribution in [1.82, 2.24) is 15.2 Å². The van der Waals surface area contributed by atoms with Gasteiger partial charge in [0.25, 0.3) is 0 Å². The first-order valence-corrected chi connectivity index (χ1v) is 6.35. The second-order valence-corrected chi connectivity index (χ2v) is 5.44. The van der Waals surface area contributed by atoms with E-state index in [0.29, 0.717) is 5.95 Å². The molecule has 0 saturated carbocycles. The molecule has 2 N–H and O–H groups in total. The Kier molecular flexibility index (Phi) is 3.63. The number of H-pyrrole nitrogens is 1. The summed E-state index contributed by atoms with van der Waals surface area (Å²) in [6.45, 7) is 2.99. The molecular formula is C11H17N5S. The SMILES string of the molecule is Cc1ccc(CCNc2nc(N(C)C)n[nH]2)s1. The van der Waals surface area contributed by atoms with E-state index < -0.39 is 0 Å². The summed E-state index contributed by atoms with van der Waals surface area (Å²) >= 11 is 1.84. The molecule has 0 radical (unpaired) electrons. The summed E-state index contributed by atoms with van der Waals surface area (Å²) in [7, 11) is 3.84. The Bertz CT molecular complexity index is 474. The highest BCUT2D eigenvalue weighted by Crippen LogP contribution is 2.15. The van der Waals surface area contributed by atoms with Crippen molar-refractivity contribution in [3.05, 3.63) is 21.9 Å². The lowest BCUT2D eigenvalue weighted by Crippen LogP contribution is -2.10. The number of thiophene rings is 1. The molecule has 92 valence electrons. The van der Waals surface area contributed by atoms with Crippen LogP contribution in [0.25, 0.3) is 0 Å². The van der Waals surface area contributed by atoms with Crippen molar-refractivity contribution < 1.29 is 0 Å². The minimum Gasteiger partial charge on any atom is -0.354 e. The van der Waals surface area contributed by atoms with E-state index in [4.69, 9.17) is 0 Å². The Morgan fingerprint density at radius 3 is 2.82 bits per heavy atom. The molecule has 0 bridgehead atoms. The van der Waals surface area contributed by atoms with Gasteiger partial charge in [-0.05, 0) is 25.5 Å². The largest absolute Gasteiger partial charge is 0.354 e. The van der Waals surface area contributed by atoms with E-state index in [1.807, 2.05) is 30.3 Å². The molecule has 0 atom stereocenters. The normalized spacial score (nSPS) is 10.5. The zero-order valence-electron chi connectivity index (χ0n) is 10.3. The maximum Gasteiger partial charge on any atom is 0.245 e. The molecule has 17 heavy (non-hydrogen) atoms. The van der Waals surface area contributed by atoms with E-state index in [1.54, 1.807) is 0 Å². The molecular weight excluding hydrogens is 234 g/mol. The standard InChI is InChI=1S/C11H17N5S/c1-8-4-5-9(17-8)6-7-12-10-13-11(15-14-10)16(2)3/h4-5H,6-7H2,1-3H3,(H2,12,13,14,15). The van der Waals surface area contributed by atoms with Crippen LogP contribution >= 0.6 is 11.3 Å². The van der Waals surface area contributed by atoms with Gasteiger partial charge in [0.2, 0.25) is 11.9 Å². The lowest BCUT2D eigenvalue weighted by Gasteiger charge is -2.04. The van der Waals surface area contributed by atoms with Crippen LogP contribution in [0.1, 0.15) is 9.75 Å². The van der Waals surface area contributed by atoms with E-state index in [9.17, 15) is 0 Å². The van der Waals surface area contributed by atoms with Gasteiger partial charge in [-0.2, -0.15) is 4.98 Å². The van der Waals surface area contributed by atoms with Crippen LogP contribution in [-0.2, 0) is 6.42 Å². The fourth-order valence-corrected chi connectivity index (χ4v) is 2.35. The number of hydrogen-bond donors (Lipinski definition) is 2. The number of anilines is 2. The van der Waals surface area contributed by atoms with Crippen LogP contribution in [0.5, 0.6) is 0 Å². The minimum absolute atomic E-state index is 0.694. The zero-order valence-corrected chi connectivity index (χ0v) is 11.1. The third kappa shape index (κ3) is 3.20. The van der Waals surface area contributed by atoms with Crippen molar-refractivity contribution in [3.8, 4) is 0 Å². The molecule has 0 aliphatic rings. The predicted molar refractivity (Wildman–Crippen MR) is 72.0 cm³/mol. The van der Waals surface area contributed by atoms with Crippen LogP contribution in [0.3, 0.4) is 0 Å². The van der Waals surface area contributed by atoms with Crippen LogP contribution in [0.15, 0.2) is 12.1 Å². The average molecular weight is 251 g/mol. The molecule has 0 aliphatic carbocycles. The third-order valence-corrected chi connectivity index (χ3v) is 3.39. The van der Waals surface area contributed by atoms with Crippen LogP contribution in [0, 0.1) is 6.92 Å². The lowest BCUT2D eigenvalue weighted by atomic mass is 10.3. The summed E-state index contributed by atoms with van der Waals surface area (Å²) in [5.41, 5.74) is 0. The molecule has 0 spiro atoms. The highest BCUT2D eigenvalue weighted by molar-refractivity contribution is 7.11. The molecule has 0 saturated heterocycles. The van der Waals surface area contributed by atoms with Gasteiger partial charge in [0.1, 0.15) is 0 Å². The topological polar surface area (TPSA) is 56.8 Å². The summed E-state index contributed by atoms with van der Waals surface area (Å²) in [4.78, 5) is 8.91. The number of nitrogens with zero attached hydrogens (tertiary/aromatic N) is 3. The van der Waals surface area contributed by atoms with Gasteiger partial charge in [-0.15, -0.1) is 16.4 Å². The monoisotopic (exact) mass is 251 g/mol. The number of nitrogens with one attached hydrogen (secondary N) is 2. The Balaban J connectivity index is 1.81. The maximum absolute atomic E-state index is 4.30. The van der Waals surface area contributed by atoms with Crippen molar-refractivity contribution in [2.24, 2.45) is 0 Å². The van der Waals surface area contributed by atoms with Gasteiger partial charge >= 0.3 is 0 Å². The second-order valence-electron chi connectivity index (χ2n) is 4.07. The smallest absolute Gasteiger partial charge is 0.245 e. The highest BCUT2D eigenvalue weighted by Gasteiger charge is 2.03. The van der Waals surface area contributed by atoms with E-state index in [1.165, 1.54) is 9.75 Å². The number of hydrogen-bond acceptors (Lipinski definition) is 5. The first-order chi connectivity index (χ1) is 8.15. The molecule has 2 heterocycles. The first-order valence-electron chi connectivity index (χ1n) is 5.54. The second kappa shape index (κ2) is 5.18. The predicted octanol–water partition coefficient (Wildman–Crippen LogP) is 1.90. The van der Waals surface area contributed by atoms with Crippen LogP contribution in [0.4, 0.5) is 11.9 Å².